The molecule has 0 aromatic heterocycles. The zero-order valence-corrected chi connectivity index (χ0v) is 22.9. The van der Waals surface area contributed by atoms with E-state index in [2.05, 4.69) is 65.8 Å². The SMILES string of the molecule is CCCCCCC/C(=C/Cl)O[Si]([Si](C)(C)C)([Si](C)(C)C)[Si](C)(C)C. The second-order valence-corrected chi connectivity index (χ2v) is 49.9. The lowest BCUT2D eigenvalue weighted by Crippen LogP contribution is -2.84. The molecule has 0 spiro atoms. The predicted octanol–water partition coefficient (Wildman–Crippen LogP) is 7.64. The van der Waals surface area contributed by atoms with Gasteiger partial charge < -0.3 is 4.43 Å². The van der Waals surface area contributed by atoms with E-state index in [4.69, 9.17) is 16.0 Å². The largest absolute Gasteiger partial charge is 0.554 e. The maximum atomic E-state index is 7.14. The van der Waals surface area contributed by atoms with Crippen LogP contribution in [-0.2, 0) is 4.43 Å². The highest BCUT2D eigenvalue weighted by Gasteiger charge is 2.65. The summed E-state index contributed by atoms with van der Waals surface area (Å²) in [5.74, 6) is 1.10. The van der Waals surface area contributed by atoms with E-state index in [9.17, 15) is 0 Å². The van der Waals surface area contributed by atoms with Crippen molar-refractivity contribution in [3.63, 3.8) is 0 Å². The quantitative estimate of drug-likeness (QED) is 0.189. The molecule has 0 saturated heterocycles. The third kappa shape index (κ3) is 6.15. The standard InChI is InChI=1S/C18H43ClOSi4/c1-11-12-13-14-15-16-18(17-19)20-24(21(2,3)4,22(5,6)7)23(8,9)10/h17H,11-16H2,1-10H3/b18-17-. The first-order valence-electron chi connectivity index (χ1n) is 9.73. The molecule has 144 valence electrons. The summed E-state index contributed by atoms with van der Waals surface area (Å²) in [5.41, 5.74) is 1.77. The Morgan fingerprint density at radius 2 is 1.17 bits per heavy atom. The van der Waals surface area contributed by atoms with Crippen LogP contribution in [0.15, 0.2) is 11.3 Å². The molecule has 0 radical (unpaired) electrons. The minimum atomic E-state index is -1.80. The van der Waals surface area contributed by atoms with Crippen molar-refractivity contribution >= 4 is 41.2 Å². The number of allylic oxidation sites excluding steroid dienone is 1. The Morgan fingerprint density at radius 1 is 0.750 bits per heavy atom. The number of halogens is 1. The molecule has 0 saturated carbocycles. The van der Waals surface area contributed by atoms with Crippen molar-refractivity contribution in [2.24, 2.45) is 0 Å². The fraction of sp³-hybridized carbons (Fsp3) is 0.889. The van der Waals surface area contributed by atoms with Crippen LogP contribution in [0.3, 0.4) is 0 Å². The van der Waals surface area contributed by atoms with E-state index in [0.717, 1.165) is 12.2 Å². The molecule has 1 nitrogen and oxygen atoms in total. The highest BCUT2D eigenvalue weighted by molar-refractivity contribution is 7.87. The van der Waals surface area contributed by atoms with E-state index in [0.29, 0.717) is 0 Å². The molecule has 0 aliphatic carbocycles. The summed E-state index contributed by atoms with van der Waals surface area (Å²) in [4.78, 5) is 0. The van der Waals surface area contributed by atoms with Gasteiger partial charge in [0.15, 0.2) is 0 Å². The van der Waals surface area contributed by atoms with Gasteiger partial charge >= 0.3 is 0 Å². The first-order chi connectivity index (χ1) is 10.7. The van der Waals surface area contributed by atoms with Crippen molar-refractivity contribution in [1.29, 1.82) is 0 Å². The van der Waals surface area contributed by atoms with Gasteiger partial charge in [0.05, 0.1) is 28.5 Å². The molecule has 0 rings (SSSR count). The molecular weight excluding hydrogens is 380 g/mol. The molecule has 0 unspecified atom stereocenters. The van der Waals surface area contributed by atoms with Crippen LogP contribution in [0.4, 0.5) is 0 Å². The van der Waals surface area contributed by atoms with Crippen molar-refractivity contribution in [3.05, 3.63) is 11.3 Å². The first kappa shape index (κ1) is 24.7. The highest BCUT2D eigenvalue weighted by atomic mass is 35.5. The van der Waals surface area contributed by atoms with Gasteiger partial charge in [-0.15, -0.1) is 0 Å². The van der Waals surface area contributed by atoms with Gasteiger partial charge in [-0.3, -0.25) is 0 Å². The maximum Gasteiger partial charge on any atom is 0.206 e. The number of unbranched alkanes of at least 4 members (excludes halogenated alkanes) is 4. The normalized spacial score (nSPS) is 14.9. The zero-order valence-electron chi connectivity index (χ0n) is 18.1. The first-order valence-corrected chi connectivity index (χ1v) is 25.6. The number of rotatable bonds is 11. The third-order valence-corrected chi connectivity index (χ3v) is 72.7. The van der Waals surface area contributed by atoms with Crippen LogP contribution in [0.25, 0.3) is 0 Å². The van der Waals surface area contributed by atoms with E-state index in [1.54, 1.807) is 5.54 Å². The van der Waals surface area contributed by atoms with Crippen LogP contribution in [0.1, 0.15) is 45.4 Å². The topological polar surface area (TPSA) is 9.23 Å². The van der Waals surface area contributed by atoms with Crippen molar-refractivity contribution in [3.8, 4) is 0 Å². The maximum absolute atomic E-state index is 7.14. The molecule has 0 fully saturated rings. The Morgan fingerprint density at radius 3 is 1.50 bits per heavy atom. The van der Waals surface area contributed by atoms with Gasteiger partial charge in [-0.25, -0.2) is 0 Å². The number of hydrogen-bond donors (Lipinski definition) is 0. The summed E-state index contributed by atoms with van der Waals surface area (Å²) < 4.78 is 7.14. The van der Waals surface area contributed by atoms with Gasteiger partial charge in [0.25, 0.3) is 0 Å². The van der Waals surface area contributed by atoms with E-state index < -0.39 is 29.6 Å². The van der Waals surface area contributed by atoms with Crippen molar-refractivity contribution < 1.29 is 4.43 Å². The summed E-state index contributed by atoms with van der Waals surface area (Å²) in [6.07, 6.45) is 7.52. The molecule has 0 aliphatic heterocycles. The Hall–Kier alpha value is 0.698. The zero-order chi connectivity index (χ0) is 19.2. The smallest absolute Gasteiger partial charge is 0.206 e. The Labute approximate surface area is 161 Å². The van der Waals surface area contributed by atoms with Gasteiger partial charge in [0.2, 0.25) is 6.87 Å². The summed E-state index contributed by atoms with van der Waals surface area (Å²) in [7, 11) is -4.22. The average Bonchev–Trinajstić information content (AvgIpc) is 2.37. The summed E-state index contributed by atoms with van der Waals surface area (Å²) in [6.45, 7) is 23.5. The molecule has 0 aromatic carbocycles. The molecule has 0 amide bonds. The average molecular weight is 423 g/mol. The van der Waals surface area contributed by atoms with Gasteiger partial charge in [0.1, 0.15) is 0 Å². The van der Waals surface area contributed by atoms with E-state index in [1.165, 1.54) is 32.1 Å². The van der Waals surface area contributed by atoms with Crippen molar-refractivity contribution in [2.45, 2.75) is 104 Å². The van der Waals surface area contributed by atoms with Crippen molar-refractivity contribution in [2.75, 3.05) is 0 Å². The second-order valence-electron chi connectivity index (χ2n) is 10.3. The molecule has 0 bridgehead atoms. The molecule has 0 N–H and O–H groups in total. The lowest BCUT2D eigenvalue weighted by Gasteiger charge is -2.56. The molecule has 0 aromatic rings. The summed E-state index contributed by atoms with van der Waals surface area (Å²) >= 11 is 6.25. The van der Waals surface area contributed by atoms with E-state index in [1.807, 2.05) is 0 Å². The molecule has 24 heavy (non-hydrogen) atoms. The Balaban J connectivity index is 5.47. The highest BCUT2D eigenvalue weighted by Crippen LogP contribution is 2.40. The Kier molecular flexibility index (Phi) is 9.86. The molecular formula is C18H43ClOSi4. The molecule has 0 atom stereocenters. The van der Waals surface area contributed by atoms with Crippen LogP contribution in [0, 0.1) is 0 Å². The van der Waals surface area contributed by atoms with E-state index >= 15 is 0 Å². The van der Waals surface area contributed by atoms with Crippen LogP contribution < -0.4 is 0 Å². The van der Waals surface area contributed by atoms with Crippen LogP contribution in [-0.4, -0.2) is 29.6 Å². The number of hydrogen-bond acceptors (Lipinski definition) is 1. The van der Waals surface area contributed by atoms with E-state index in [-0.39, 0.29) is 0 Å². The van der Waals surface area contributed by atoms with Gasteiger partial charge in [-0.2, -0.15) is 0 Å². The minimum absolute atomic E-state index is 1.03. The summed E-state index contributed by atoms with van der Waals surface area (Å²) in [6, 6.07) is 0. The van der Waals surface area contributed by atoms with Crippen molar-refractivity contribution in [1.82, 2.24) is 0 Å². The molecule has 0 aliphatic rings. The van der Waals surface area contributed by atoms with Gasteiger partial charge in [0, 0.05) is 12.0 Å². The minimum Gasteiger partial charge on any atom is -0.554 e. The molecule has 6 heteroatoms. The Bertz CT molecular complexity index is 367. The van der Waals surface area contributed by atoms with Crippen LogP contribution in [0.2, 0.25) is 58.9 Å². The van der Waals surface area contributed by atoms with Gasteiger partial charge in [-0.05, 0) is 6.42 Å². The fourth-order valence-corrected chi connectivity index (χ4v) is 98.4. The lowest BCUT2D eigenvalue weighted by atomic mass is 10.1. The monoisotopic (exact) mass is 422 g/mol. The molecule has 0 heterocycles. The predicted molar refractivity (Wildman–Crippen MR) is 124 cm³/mol. The summed E-state index contributed by atoms with van der Waals surface area (Å²) in [5, 5.41) is 0. The second kappa shape index (κ2) is 9.58. The van der Waals surface area contributed by atoms with Crippen LogP contribution in [0.5, 0.6) is 0 Å². The van der Waals surface area contributed by atoms with Gasteiger partial charge in [-0.1, -0.05) is 103 Å². The third-order valence-electron chi connectivity index (χ3n) is 5.10. The fourth-order valence-electron chi connectivity index (χ4n) is 5.06. The lowest BCUT2D eigenvalue weighted by molar-refractivity contribution is 0.412. The van der Waals surface area contributed by atoms with Crippen LogP contribution >= 0.6 is 11.6 Å².